The molecule has 0 spiro atoms. The summed E-state index contributed by atoms with van der Waals surface area (Å²) in [4.78, 5) is 0. The lowest BCUT2D eigenvalue weighted by Crippen LogP contribution is -2.38. The lowest BCUT2D eigenvalue weighted by Gasteiger charge is -2.27. The van der Waals surface area contributed by atoms with Crippen molar-refractivity contribution in [3.63, 3.8) is 0 Å². The molecule has 20 heavy (non-hydrogen) atoms. The van der Waals surface area contributed by atoms with E-state index in [2.05, 4.69) is 26.1 Å². The van der Waals surface area contributed by atoms with E-state index in [-0.39, 0.29) is 11.6 Å². The van der Waals surface area contributed by atoms with Crippen molar-refractivity contribution in [1.82, 2.24) is 5.32 Å². The van der Waals surface area contributed by atoms with Crippen molar-refractivity contribution in [2.45, 2.75) is 39.3 Å². The lowest BCUT2D eigenvalue weighted by molar-refractivity contribution is -0.0103. The van der Waals surface area contributed by atoms with Gasteiger partial charge in [-0.05, 0) is 45.4 Å². The van der Waals surface area contributed by atoms with E-state index < -0.39 is 0 Å². The van der Waals surface area contributed by atoms with Crippen LogP contribution in [0, 0.1) is 0 Å². The average Bonchev–Trinajstić information content (AvgIpc) is 2.44. The van der Waals surface area contributed by atoms with Gasteiger partial charge in [-0.25, -0.2) is 0 Å². The van der Waals surface area contributed by atoms with Crippen LogP contribution in [-0.2, 0) is 4.74 Å². The first-order valence-electron chi connectivity index (χ1n) is 7.02. The molecule has 0 aliphatic rings. The molecular weight excluding hydrogens is 254 g/mol. The average molecular weight is 281 g/mol. The molecule has 0 aromatic heterocycles. The van der Waals surface area contributed by atoms with Crippen LogP contribution in [0.1, 0.15) is 39.3 Å². The summed E-state index contributed by atoms with van der Waals surface area (Å²) in [5, 5.41) is 3.49. The van der Waals surface area contributed by atoms with Gasteiger partial charge in [-0.15, -0.1) is 0 Å². The van der Waals surface area contributed by atoms with Crippen molar-refractivity contribution >= 4 is 0 Å². The summed E-state index contributed by atoms with van der Waals surface area (Å²) in [6.07, 6.45) is 0. The largest absolute Gasteiger partial charge is 0.493 e. The molecule has 0 saturated heterocycles. The number of rotatable bonds is 8. The van der Waals surface area contributed by atoms with E-state index in [1.807, 2.05) is 25.1 Å². The lowest BCUT2D eigenvalue weighted by atomic mass is 10.1. The molecule has 1 atom stereocenters. The first kappa shape index (κ1) is 16.8. The number of nitrogens with one attached hydrogen (secondary N) is 1. The van der Waals surface area contributed by atoms with E-state index in [1.165, 1.54) is 0 Å². The predicted molar refractivity (Wildman–Crippen MR) is 81.7 cm³/mol. The van der Waals surface area contributed by atoms with Crippen LogP contribution in [0.4, 0.5) is 0 Å². The van der Waals surface area contributed by atoms with Gasteiger partial charge < -0.3 is 19.5 Å². The van der Waals surface area contributed by atoms with E-state index >= 15 is 0 Å². The Balaban J connectivity index is 2.70. The molecule has 0 amide bonds. The third kappa shape index (κ3) is 4.69. The van der Waals surface area contributed by atoms with Crippen LogP contribution < -0.4 is 14.8 Å². The molecule has 1 rings (SSSR count). The summed E-state index contributed by atoms with van der Waals surface area (Å²) < 4.78 is 16.3. The highest BCUT2D eigenvalue weighted by Crippen LogP contribution is 2.29. The van der Waals surface area contributed by atoms with Crippen molar-refractivity contribution in [1.29, 1.82) is 0 Å². The predicted octanol–water partition coefficient (Wildman–Crippen LogP) is 3.17. The highest BCUT2D eigenvalue weighted by Gasteiger charge is 2.19. The molecule has 0 bridgehead atoms. The molecule has 1 aromatic rings. The van der Waals surface area contributed by atoms with Crippen LogP contribution in [0.15, 0.2) is 18.2 Å². The van der Waals surface area contributed by atoms with Crippen molar-refractivity contribution in [3.05, 3.63) is 23.8 Å². The van der Waals surface area contributed by atoms with Crippen LogP contribution in [0.3, 0.4) is 0 Å². The Bertz CT molecular complexity index is 418. The second-order valence-corrected chi connectivity index (χ2v) is 5.41. The summed E-state index contributed by atoms with van der Waals surface area (Å²) in [5.41, 5.74) is 0.995. The van der Waals surface area contributed by atoms with Crippen molar-refractivity contribution in [3.8, 4) is 11.5 Å². The minimum Gasteiger partial charge on any atom is -0.493 e. The monoisotopic (exact) mass is 281 g/mol. The highest BCUT2D eigenvalue weighted by molar-refractivity contribution is 5.43. The van der Waals surface area contributed by atoms with E-state index in [0.717, 1.165) is 30.2 Å². The SMILES string of the molecule is CCOC(C)(C)CNC(C)c1ccc(OC)c(OC)c1. The van der Waals surface area contributed by atoms with E-state index in [4.69, 9.17) is 14.2 Å². The Morgan fingerprint density at radius 1 is 1.15 bits per heavy atom. The molecule has 0 fully saturated rings. The Morgan fingerprint density at radius 2 is 1.80 bits per heavy atom. The zero-order chi connectivity index (χ0) is 15.2. The molecule has 0 aliphatic carbocycles. The second-order valence-electron chi connectivity index (χ2n) is 5.41. The molecule has 0 radical (unpaired) electrons. The molecule has 0 heterocycles. The quantitative estimate of drug-likeness (QED) is 0.794. The normalized spacial score (nSPS) is 13.1. The smallest absolute Gasteiger partial charge is 0.161 e. The zero-order valence-electron chi connectivity index (χ0n) is 13.4. The van der Waals surface area contributed by atoms with Gasteiger partial charge in [-0.2, -0.15) is 0 Å². The highest BCUT2D eigenvalue weighted by atomic mass is 16.5. The second kappa shape index (κ2) is 7.50. The van der Waals surface area contributed by atoms with Crippen LogP contribution in [0.5, 0.6) is 11.5 Å². The van der Waals surface area contributed by atoms with Gasteiger partial charge in [-0.1, -0.05) is 6.07 Å². The van der Waals surface area contributed by atoms with Crippen molar-refractivity contribution < 1.29 is 14.2 Å². The van der Waals surface area contributed by atoms with Gasteiger partial charge in [0.15, 0.2) is 11.5 Å². The number of benzene rings is 1. The number of hydrogen-bond acceptors (Lipinski definition) is 4. The van der Waals surface area contributed by atoms with Crippen molar-refractivity contribution in [2.75, 3.05) is 27.4 Å². The van der Waals surface area contributed by atoms with Crippen LogP contribution in [0.2, 0.25) is 0 Å². The molecule has 1 aromatic carbocycles. The number of ether oxygens (including phenoxy) is 3. The Hall–Kier alpha value is -1.26. The van der Waals surface area contributed by atoms with Crippen LogP contribution in [-0.4, -0.2) is 33.0 Å². The van der Waals surface area contributed by atoms with E-state index in [9.17, 15) is 0 Å². The molecule has 4 heteroatoms. The van der Waals surface area contributed by atoms with Gasteiger partial charge in [0, 0.05) is 19.2 Å². The van der Waals surface area contributed by atoms with Crippen LogP contribution in [0.25, 0.3) is 0 Å². The summed E-state index contributed by atoms with van der Waals surface area (Å²) in [7, 11) is 3.29. The maximum atomic E-state index is 5.69. The number of methoxy groups -OCH3 is 2. The van der Waals surface area contributed by atoms with Crippen LogP contribution >= 0.6 is 0 Å². The van der Waals surface area contributed by atoms with Gasteiger partial charge in [0.1, 0.15) is 0 Å². The maximum Gasteiger partial charge on any atom is 0.161 e. The van der Waals surface area contributed by atoms with Gasteiger partial charge >= 0.3 is 0 Å². The van der Waals surface area contributed by atoms with Gasteiger partial charge in [-0.3, -0.25) is 0 Å². The third-order valence-corrected chi connectivity index (χ3v) is 3.28. The Kier molecular flexibility index (Phi) is 6.30. The first-order chi connectivity index (χ1) is 9.43. The molecule has 114 valence electrons. The Labute approximate surface area is 122 Å². The molecule has 0 aliphatic heterocycles. The minimum absolute atomic E-state index is 0.167. The molecule has 0 saturated carbocycles. The topological polar surface area (TPSA) is 39.7 Å². The van der Waals surface area contributed by atoms with Gasteiger partial charge in [0.2, 0.25) is 0 Å². The fraction of sp³-hybridized carbons (Fsp3) is 0.625. The summed E-state index contributed by atoms with van der Waals surface area (Å²) in [6, 6.07) is 6.20. The standard InChI is InChI=1S/C16H27NO3/c1-7-20-16(3,4)11-17-12(2)13-8-9-14(18-5)15(10-13)19-6/h8-10,12,17H,7,11H2,1-6H3. The number of hydrogen-bond donors (Lipinski definition) is 1. The molecule has 1 unspecified atom stereocenters. The zero-order valence-corrected chi connectivity index (χ0v) is 13.4. The molecule has 1 N–H and O–H groups in total. The minimum atomic E-state index is -0.167. The maximum absolute atomic E-state index is 5.69. The Morgan fingerprint density at radius 3 is 2.35 bits per heavy atom. The third-order valence-electron chi connectivity index (χ3n) is 3.28. The summed E-state index contributed by atoms with van der Waals surface area (Å²) in [5.74, 6) is 1.50. The fourth-order valence-electron chi connectivity index (χ4n) is 2.08. The fourth-order valence-corrected chi connectivity index (χ4v) is 2.08. The first-order valence-corrected chi connectivity index (χ1v) is 7.02. The van der Waals surface area contributed by atoms with E-state index in [0.29, 0.717) is 0 Å². The van der Waals surface area contributed by atoms with E-state index in [1.54, 1.807) is 14.2 Å². The molecular formula is C16H27NO3. The van der Waals surface area contributed by atoms with Crippen molar-refractivity contribution in [2.24, 2.45) is 0 Å². The molecule has 4 nitrogen and oxygen atoms in total. The van der Waals surface area contributed by atoms with Gasteiger partial charge in [0.25, 0.3) is 0 Å². The summed E-state index contributed by atoms with van der Waals surface area (Å²) >= 11 is 0. The van der Waals surface area contributed by atoms with Gasteiger partial charge in [0.05, 0.1) is 19.8 Å². The summed E-state index contributed by atoms with van der Waals surface area (Å²) in [6.45, 7) is 9.83.